The van der Waals surface area contributed by atoms with E-state index in [1.54, 1.807) is 0 Å². The van der Waals surface area contributed by atoms with E-state index in [4.69, 9.17) is 14.8 Å². The second-order valence-electron chi connectivity index (χ2n) is 10.8. The van der Waals surface area contributed by atoms with Crippen LogP contribution in [0.15, 0.2) is 127 Å². The molecule has 0 radical (unpaired) electrons. The minimum atomic E-state index is -0.170. The fraction of sp³-hybridized carbons (Fsp3) is 0.0857. The minimum Gasteiger partial charge on any atom is -0.453 e. The highest BCUT2D eigenvalue weighted by molar-refractivity contribution is 5.87. The minimum absolute atomic E-state index is 0.170. The van der Waals surface area contributed by atoms with Gasteiger partial charge in [0.2, 0.25) is 5.95 Å². The number of nitrogens with zero attached hydrogens (tertiary/aromatic N) is 5. The Morgan fingerprint density at radius 3 is 1.61 bits per heavy atom. The Morgan fingerprint density at radius 1 is 0.537 bits per heavy atom. The average Bonchev–Trinajstić information content (AvgIpc) is 3.45. The van der Waals surface area contributed by atoms with Crippen molar-refractivity contribution in [2.75, 3.05) is 9.80 Å². The van der Waals surface area contributed by atoms with Gasteiger partial charge < -0.3 is 4.74 Å². The van der Waals surface area contributed by atoms with E-state index in [2.05, 4.69) is 96.4 Å². The van der Waals surface area contributed by atoms with E-state index in [-0.39, 0.29) is 5.41 Å². The summed E-state index contributed by atoms with van der Waals surface area (Å²) in [5.41, 5.74) is 7.19. The van der Waals surface area contributed by atoms with Crippen LogP contribution in [-0.4, -0.2) is 14.8 Å². The van der Waals surface area contributed by atoms with Gasteiger partial charge in [0.25, 0.3) is 5.95 Å². The van der Waals surface area contributed by atoms with Gasteiger partial charge in [0.15, 0.2) is 11.5 Å². The molecule has 198 valence electrons. The Balaban J connectivity index is 1.41. The highest BCUT2D eigenvalue weighted by Crippen LogP contribution is 2.53. The lowest BCUT2D eigenvalue weighted by Gasteiger charge is -2.40. The number of hydrogen-bond donors (Lipinski definition) is 0. The van der Waals surface area contributed by atoms with Crippen LogP contribution in [0.2, 0.25) is 0 Å². The van der Waals surface area contributed by atoms with Gasteiger partial charge in [-0.3, -0.25) is 9.80 Å². The van der Waals surface area contributed by atoms with Crippen molar-refractivity contribution < 1.29 is 4.74 Å². The lowest BCUT2D eigenvalue weighted by Crippen LogP contribution is -2.31. The number of rotatable bonds is 3. The maximum Gasteiger partial charge on any atom is 0.256 e. The molecule has 0 spiro atoms. The molecular weight excluding hydrogens is 506 g/mol. The van der Waals surface area contributed by atoms with Crippen LogP contribution in [0.25, 0.3) is 5.69 Å². The van der Waals surface area contributed by atoms with Gasteiger partial charge in [0.05, 0.1) is 28.4 Å². The van der Waals surface area contributed by atoms with Gasteiger partial charge in [0, 0.05) is 5.41 Å². The van der Waals surface area contributed by atoms with E-state index >= 15 is 0 Å². The third-order valence-electron chi connectivity index (χ3n) is 8.05. The van der Waals surface area contributed by atoms with Crippen molar-refractivity contribution >= 4 is 34.6 Å². The maximum absolute atomic E-state index is 6.30. The molecule has 0 saturated heterocycles. The van der Waals surface area contributed by atoms with Crippen molar-refractivity contribution in [3.8, 4) is 17.2 Å². The molecule has 0 aliphatic carbocycles. The lowest BCUT2D eigenvalue weighted by molar-refractivity contribution is 0.476. The van der Waals surface area contributed by atoms with E-state index in [0.717, 1.165) is 39.9 Å². The monoisotopic (exact) mass is 533 g/mol. The molecule has 0 unspecified atom stereocenters. The SMILES string of the molecule is CC1(C)c2ccccc2N(c2nc(N3c4ccccc4Oc4ccccc43)n(-c3ccccc3)n2)c2ccccc21. The number of benzene rings is 5. The first-order valence-corrected chi connectivity index (χ1v) is 13.8. The summed E-state index contributed by atoms with van der Waals surface area (Å²) < 4.78 is 8.23. The number of fused-ring (bicyclic) bond motifs is 4. The van der Waals surface area contributed by atoms with E-state index in [9.17, 15) is 0 Å². The van der Waals surface area contributed by atoms with Crippen LogP contribution in [0.5, 0.6) is 11.5 Å². The topological polar surface area (TPSA) is 46.4 Å². The molecule has 0 bridgehead atoms. The molecule has 0 atom stereocenters. The molecule has 41 heavy (non-hydrogen) atoms. The van der Waals surface area contributed by atoms with Crippen LogP contribution >= 0.6 is 0 Å². The number of hydrogen-bond acceptors (Lipinski definition) is 5. The fourth-order valence-electron chi connectivity index (χ4n) is 6.08. The normalized spacial score (nSPS) is 14.4. The quantitative estimate of drug-likeness (QED) is 0.227. The number of aromatic nitrogens is 3. The molecule has 0 fully saturated rings. The Kier molecular flexibility index (Phi) is 5.06. The van der Waals surface area contributed by atoms with Crippen molar-refractivity contribution in [3.05, 3.63) is 139 Å². The second-order valence-corrected chi connectivity index (χ2v) is 10.8. The number of anilines is 6. The summed E-state index contributed by atoms with van der Waals surface area (Å²) in [7, 11) is 0. The van der Waals surface area contributed by atoms with Crippen molar-refractivity contribution in [2.24, 2.45) is 0 Å². The van der Waals surface area contributed by atoms with E-state index in [0.29, 0.717) is 11.9 Å². The number of ether oxygens (including phenoxy) is 1. The highest BCUT2D eigenvalue weighted by Gasteiger charge is 2.39. The first kappa shape index (κ1) is 23.5. The van der Waals surface area contributed by atoms with Crippen molar-refractivity contribution in [1.29, 1.82) is 0 Å². The Labute approximate surface area is 238 Å². The van der Waals surface area contributed by atoms with Crippen LogP contribution in [0.3, 0.4) is 0 Å². The Morgan fingerprint density at radius 2 is 1.02 bits per heavy atom. The van der Waals surface area contributed by atoms with E-state index in [1.807, 2.05) is 59.3 Å². The predicted molar refractivity (Wildman–Crippen MR) is 163 cm³/mol. The smallest absolute Gasteiger partial charge is 0.256 e. The largest absolute Gasteiger partial charge is 0.453 e. The van der Waals surface area contributed by atoms with Crippen molar-refractivity contribution in [2.45, 2.75) is 19.3 Å². The molecule has 5 aromatic carbocycles. The molecule has 6 nitrogen and oxygen atoms in total. The zero-order valence-electron chi connectivity index (χ0n) is 22.8. The van der Waals surface area contributed by atoms with Crippen LogP contribution in [-0.2, 0) is 5.41 Å². The van der Waals surface area contributed by atoms with Gasteiger partial charge in [-0.15, -0.1) is 5.10 Å². The van der Waals surface area contributed by atoms with Gasteiger partial charge in [-0.25, -0.2) is 0 Å². The Hall–Kier alpha value is -5.36. The van der Waals surface area contributed by atoms with Crippen LogP contribution in [0.4, 0.5) is 34.6 Å². The molecule has 1 aromatic heterocycles. The molecule has 2 aliphatic rings. The molecule has 8 rings (SSSR count). The Bertz CT molecular complexity index is 1830. The molecular formula is C35H27N5O. The van der Waals surface area contributed by atoms with Crippen molar-refractivity contribution in [1.82, 2.24) is 14.8 Å². The summed E-state index contributed by atoms with van der Waals surface area (Å²) in [5, 5.41) is 5.22. The predicted octanol–water partition coefficient (Wildman–Crippen LogP) is 8.95. The first-order valence-electron chi connectivity index (χ1n) is 13.8. The third kappa shape index (κ3) is 3.50. The summed E-state index contributed by atoms with van der Waals surface area (Å²) in [5.74, 6) is 2.81. The van der Waals surface area contributed by atoms with Gasteiger partial charge in [-0.05, 0) is 59.7 Å². The standard InChI is InChI=1S/C35H27N5O/c1-35(2)25-16-6-8-18-27(25)38(28-19-9-7-17-26(28)35)33-36-34(40(37-33)24-14-4-3-5-15-24)39-29-20-10-12-22-31(29)41-32-23-13-11-21-30(32)39/h3-23H,1-2H3. The molecule has 0 saturated carbocycles. The third-order valence-corrected chi connectivity index (χ3v) is 8.05. The molecule has 0 amide bonds. The first-order chi connectivity index (χ1) is 20.1. The summed E-state index contributed by atoms with van der Waals surface area (Å²) in [6.45, 7) is 4.57. The summed E-state index contributed by atoms with van der Waals surface area (Å²) in [6.07, 6.45) is 0. The molecule has 3 heterocycles. The molecule has 2 aliphatic heterocycles. The van der Waals surface area contributed by atoms with Gasteiger partial charge >= 0.3 is 0 Å². The van der Waals surface area contributed by atoms with Crippen LogP contribution < -0.4 is 14.5 Å². The van der Waals surface area contributed by atoms with Gasteiger partial charge in [-0.1, -0.05) is 92.7 Å². The maximum atomic E-state index is 6.30. The molecule has 6 heteroatoms. The number of para-hydroxylation sites is 7. The fourth-order valence-corrected chi connectivity index (χ4v) is 6.08. The van der Waals surface area contributed by atoms with Crippen LogP contribution in [0.1, 0.15) is 25.0 Å². The van der Waals surface area contributed by atoms with Crippen molar-refractivity contribution in [3.63, 3.8) is 0 Å². The molecule has 6 aromatic rings. The summed E-state index contributed by atoms with van der Waals surface area (Å²) in [4.78, 5) is 9.66. The van der Waals surface area contributed by atoms with Crippen LogP contribution in [0, 0.1) is 0 Å². The average molecular weight is 534 g/mol. The van der Waals surface area contributed by atoms with Gasteiger partial charge in [0.1, 0.15) is 0 Å². The highest BCUT2D eigenvalue weighted by atomic mass is 16.5. The zero-order valence-corrected chi connectivity index (χ0v) is 22.8. The van der Waals surface area contributed by atoms with E-state index < -0.39 is 0 Å². The van der Waals surface area contributed by atoms with Gasteiger partial charge in [-0.2, -0.15) is 9.67 Å². The zero-order chi connectivity index (χ0) is 27.6. The second kappa shape index (κ2) is 8.83. The summed E-state index contributed by atoms with van der Waals surface area (Å²) >= 11 is 0. The lowest BCUT2D eigenvalue weighted by atomic mass is 9.74. The van der Waals surface area contributed by atoms with E-state index in [1.165, 1.54) is 11.1 Å². The summed E-state index contributed by atoms with van der Waals surface area (Å²) in [6, 6.07) is 43.4. The molecule has 0 N–H and O–H groups in total.